The first-order chi connectivity index (χ1) is 49.6. The van der Waals surface area contributed by atoms with E-state index in [-0.39, 0.29) is 83.3 Å². The Hall–Kier alpha value is -9.86. The highest BCUT2D eigenvalue weighted by molar-refractivity contribution is 7.07. The Morgan fingerprint density at radius 3 is 1.52 bits per heavy atom. The van der Waals surface area contributed by atoms with E-state index in [1.807, 2.05) is 79.8 Å². The number of likely N-dealkylation sites (N-methyl/N-ethyl adjacent to an activating group) is 1. The molecule has 27 nitrogen and oxygen atoms in total. The molecular weight excluding hydrogens is 1420 g/mol. The molecule has 4 aromatic heterocycles. The Morgan fingerprint density at radius 2 is 1.16 bits per heavy atom. The lowest BCUT2D eigenvalue weighted by molar-refractivity contribution is -0.143. The van der Waals surface area contributed by atoms with Crippen molar-refractivity contribution in [3.8, 4) is 0 Å². The Morgan fingerprint density at radius 1 is 0.623 bits per heavy atom. The number of rotatable bonds is 28. The van der Waals surface area contributed by atoms with E-state index in [0.717, 1.165) is 56.3 Å². The van der Waals surface area contributed by atoms with Crippen molar-refractivity contribution in [1.29, 1.82) is 0 Å². The first-order valence-electron chi connectivity index (χ1n) is 33.0. The molecule has 0 bridgehead atoms. The van der Waals surface area contributed by atoms with Crippen molar-refractivity contribution in [1.82, 2.24) is 45.3 Å². The number of ether oxygens (including phenoxy) is 2. The predicted molar refractivity (Wildman–Crippen MR) is 388 cm³/mol. The fourth-order valence-corrected chi connectivity index (χ4v) is 7.24. The number of alkyl halides is 6. The number of aryl methyl sites for hydroxylation is 3. The van der Waals surface area contributed by atoms with Gasteiger partial charge in [-0.1, -0.05) is 29.4 Å². The van der Waals surface area contributed by atoms with E-state index >= 15 is 0 Å². The van der Waals surface area contributed by atoms with E-state index in [4.69, 9.17) is 4.74 Å². The van der Waals surface area contributed by atoms with Crippen LogP contribution in [0.5, 0.6) is 0 Å². The maximum Gasteiger partial charge on any atom is 0.405 e. The van der Waals surface area contributed by atoms with Crippen LogP contribution in [0.1, 0.15) is 177 Å². The molecule has 34 heteroatoms. The summed E-state index contributed by atoms with van der Waals surface area (Å²) in [6, 6.07) is 17.3. The highest BCUT2D eigenvalue weighted by Crippen LogP contribution is 2.21. The second-order valence-corrected chi connectivity index (χ2v) is 23.4. The lowest BCUT2D eigenvalue weighted by atomic mass is 10.1. The van der Waals surface area contributed by atoms with Crippen LogP contribution in [0, 0.1) is 0 Å². The van der Waals surface area contributed by atoms with Crippen LogP contribution < -0.4 is 15.5 Å². The number of methoxy groups -OCH3 is 1. The number of hydrogen-bond acceptors (Lipinski definition) is 25. The van der Waals surface area contributed by atoms with E-state index in [2.05, 4.69) is 50.1 Å². The standard InChI is InChI=1S/C10H13NO.C9H11NO.C7H10F3NO2.C7H8N2O.C7H13NO2.C7H9NOS.C7H12O2.C5H7F3O.C5H9NO2.C5H8O3.C3H5N3/c1-9(12)8-11(2)10-6-4-3-5-7-10;1-8(11)5-6-9-4-2-3-7-10-9;1-5(12)2-3-6(13)11-4-7(8,9)10;1-6(10)5-7-8-3-2-4-9-7;1-3-8-7(10)5-4-6(2)9;1-6(9)2-3-7-4-10-5-8-7;1-6(8)5-7-3-2-4-9-7;1-4(9)2-3-5(6,7)8;1-5(7)3-4-6-8-2;1-4(6)3-5(7)8-2;1-6-3-4-2-5-6/h3-7H,8H2,1-2H3;2-4,7H,5-6H2,1H3;2-4H2,1H3,(H,11,13);2-4H,5H2,1H3;3-5H2,1-2H3,(H,8,10);4-5H,2-3H2,1H3;7H,2-5H2,1H3;2-3H2,1H3;4H,3H2,1-2H3;3H2,1-2H3;2-3H,1H3/b;;;;;;;;6-4+;;. The third-order valence-corrected chi connectivity index (χ3v) is 12.3. The first-order valence-corrected chi connectivity index (χ1v) is 33.9. The third-order valence-electron chi connectivity index (χ3n) is 11.6. The van der Waals surface area contributed by atoms with Crippen molar-refractivity contribution in [2.24, 2.45) is 12.2 Å². The van der Waals surface area contributed by atoms with Crippen LogP contribution in [0.3, 0.4) is 0 Å². The van der Waals surface area contributed by atoms with Gasteiger partial charge in [0, 0.05) is 120 Å². The number of ketones is 10. The molecule has 0 spiro atoms. The minimum atomic E-state index is -4.40. The Labute approximate surface area is 620 Å². The smallest absolute Gasteiger partial charge is 0.405 e. The number of aromatic nitrogens is 7. The van der Waals surface area contributed by atoms with Gasteiger partial charge < -0.3 is 53.8 Å². The number of Topliss-reactive ketones (excluding diaryl/α,β-unsaturated/α-hetero) is 10. The summed E-state index contributed by atoms with van der Waals surface area (Å²) in [4.78, 5) is 161. The molecule has 5 heterocycles. The van der Waals surface area contributed by atoms with Gasteiger partial charge in [-0.05, 0) is 132 Å². The topological polar surface area (TPSA) is 372 Å². The van der Waals surface area contributed by atoms with Gasteiger partial charge in [-0.15, -0.1) is 11.3 Å². The number of carbonyl (C=O) groups excluding carboxylic acids is 13. The van der Waals surface area contributed by atoms with Crippen LogP contribution in [0.15, 0.2) is 102 Å². The Bertz CT molecular complexity index is 3260. The molecule has 5 aromatic rings. The van der Waals surface area contributed by atoms with Crippen LogP contribution in [0.25, 0.3) is 0 Å². The molecule has 0 aliphatic carbocycles. The number of benzene rings is 1. The highest BCUT2D eigenvalue weighted by atomic mass is 32.1. The molecule has 6 rings (SSSR count). The number of anilines is 1. The molecule has 2 N–H and O–H groups in total. The van der Waals surface area contributed by atoms with Gasteiger partial charge >= 0.3 is 18.3 Å². The molecule has 0 saturated carbocycles. The van der Waals surface area contributed by atoms with Crippen LogP contribution >= 0.6 is 11.3 Å². The molecule has 1 aliphatic rings. The number of halogens is 6. The fraction of sp³-hybridized carbons (Fsp3) is 0.528. The number of pyridine rings is 1. The molecule has 0 radical (unpaired) electrons. The monoisotopic (exact) mass is 1530 g/mol. The van der Waals surface area contributed by atoms with Gasteiger partial charge in [-0.2, -0.15) is 31.4 Å². The average molecular weight is 1530 g/mol. The van der Waals surface area contributed by atoms with E-state index < -0.39 is 49.4 Å². The Kier molecular flexibility index (Phi) is 66.3. The molecule has 1 aliphatic heterocycles. The summed E-state index contributed by atoms with van der Waals surface area (Å²) in [5, 5.41) is 13.3. The molecule has 106 heavy (non-hydrogen) atoms. The summed E-state index contributed by atoms with van der Waals surface area (Å²) in [6.07, 6.45) is 6.43. The SMILES string of the molecule is CC(=O)CC1CCCO1.CC(=O)CCC(=O)NCC(F)(F)F.CC(=O)CCC(F)(F)F.CC(=O)CCc1ccccn1.CC(=O)CCc1cscn1.CC(=O)CN(C)c1ccccc1.CC(=O)Cc1ncccn1.CCNC(=O)CCC(C)=O.CO/N=C/CC(C)=O.COC(=O)CC(C)=O.Cn1cncn1. The molecule has 1 atom stereocenters. The second-order valence-electron chi connectivity index (χ2n) is 22.7. The molecule has 1 aromatic carbocycles. The van der Waals surface area contributed by atoms with Gasteiger partial charge in [0.2, 0.25) is 11.8 Å². The summed E-state index contributed by atoms with van der Waals surface area (Å²) in [7, 11) is 6.44. The van der Waals surface area contributed by atoms with Crippen molar-refractivity contribution in [3.05, 3.63) is 114 Å². The van der Waals surface area contributed by atoms with Crippen LogP contribution in [-0.2, 0) is 103 Å². The molecule has 1 fully saturated rings. The zero-order valence-electron chi connectivity index (χ0n) is 63.3. The van der Waals surface area contributed by atoms with Gasteiger partial charge in [0.15, 0.2) is 0 Å². The number of oxime groups is 1. The molecule has 2 amide bonds. The van der Waals surface area contributed by atoms with Gasteiger partial charge in [0.05, 0.1) is 50.0 Å². The molecule has 1 saturated heterocycles. The number of nitrogens with zero attached hydrogens (tertiary/aromatic N) is 9. The highest BCUT2D eigenvalue weighted by Gasteiger charge is 2.28. The lowest BCUT2D eigenvalue weighted by Crippen LogP contribution is -2.33. The van der Waals surface area contributed by atoms with Crippen LogP contribution in [-0.4, -0.2) is 182 Å². The van der Waals surface area contributed by atoms with Gasteiger partial charge in [0.1, 0.15) is 96.4 Å². The van der Waals surface area contributed by atoms with E-state index in [1.54, 1.807) is 85.5 Å². The maximum absolute atomic E-state index is 11.5. The summed E-state index contributed by atoms with van der Waals surface area (Å²) < 4.78 is 79.5. The maximum atomic E-state index is 11.5. The van der Waals surface area contributed by atoms with E-state index in [1.165, 1.54) is 61.4 Å². The van der Waals surface area contributed by atoms with Crippen molar-refractivity contribution < 1.29 is 103 Å². The quantitative estimate of drug-likeness (QED) is 0.0154. The molecule has 592 valence electrons. The van der Waals surface area contributed by atoms with Gasteiger partial charge in [-0.3, -0.25) is 48.0 Å². The van der Waals surface area contributed by atoms with Gasteiger partial charge in [-0.25, -0.2) is 19.9 Å². The summed E-state index contributed by atoms with van der Waals surface area (Å²) in [6.45, 7) is 17.2. The lowest BCUT2D eigenvalue weighted by Gasteiger charge is -2.16. The molecular formula is C72H105F6N11O16S. The van der Waals surface area contributed by atoms with Crippen molar-refractivity contribution >= 4 is 98.9 Å². The minimum Gasteiger partial charge on any atom is -0.469 e. The summed E-state index contributed by atoms with van der Waals surface area (Å²) >= 11 is 1.57. The van der Waals surface area contributed by atoms with Crippen LogP contribution in [0.2, 0.25) is 0 Å². The largest absolute Gasteiger partial charge is 0.469 e. The zero-order valence-corrected chi connectivity index (χ0v) is 64.1. The molecule has 1 unspecified atom stereocenters. The Balaban J connectivity index is -0.000000354. The van der Waals surface area contributed by atoms with Crippen LogP contribution in [0.4, 0.5) is 32.0 Å². The number of para-hydroxylation sites is 1. The van der Waals surface area contributed by atoms with Crippen molar-refractivity contribution in [2.45, 2.75) is 197 Å². The number of nitrogens with one attached hydrogen (secondary N) is 2. The number of thiazole rings is 1. The van der Waals surface area contributed by atoms with E-state index in [9.17, 15) is 88.7 Å². The van der Waals surface area contributed by atoms with Crippen molar-refractivity contribution in [3.63, 3.8) is 0 Å². The predicted octanol–water partition coefficient (Wildman–Crippen LogP) is 10.7. The number of hydrogen-bond donors (Lipinski definition) is 2. The second kappa shape index (κ2) is 67.0. The summed E-state index contributed by atoms with van der Waals surface area (Å²) in [5.74, 6) is -0.390. The average Bonchev–Trinajstić information content (AvgIpc) is 1.05. The summed E-state index contributed by atoms with van der Waals surface area (Å²) in [5.41, 5.74) is 4.88. The fourth-order valence-electron chi connectivity index (χ4n) is 6.65. The zero-order chi connectivity index (χ0) is 81.9. The third kappa shape index (κ3) is 86.5. The van der Waals surface area contributed by atoms with E-state index in [0.29, 0.717) is 63.9 Å². The van der Waals surface area contributed by atoms with Crippen molar-refractivity contribution in [2.75, 3.05) is 52.4 Å². The normalized spacial score (nSPS) is 11.2. The number of esters is 1. The first kappa shape index (κ1) is 105. The number of carbonyl (C=O) groups is 13. The van der Waals surface area contributed by atoms with Gasteiger partial charge in [0.25, 0.3) is 0 Å². The number of amides is 2. The minimum absolute atomic E-state index is 0.0241.